The van der Waals surface area contributed by atoms with Crippen LogP contribution in [0.3, 0.4) is 0 Å². The molecule has 2 saturated carbocycles. The van der Waals surface area contributed by atoms with Crippen LogP contribution in [-0.4, -0.2) is 40.6 Å². The van der Waals surface area contributed by atoms with E-state index >= 15 is 0 Å². The van der Waals surface area contributed by atoms with Gasteiger partial charge in [0.15, 0.2) is 0 Å². The smallest absolute Gasteiger partial charge is 0.332 e. The fraction of sp³-hybridized carbons (Fsp3) is 0.824. The van der Waals surface area contributed by atoms with Crippen molar-refractivity contribution in [3.8, 4) is 0 Å². The number of nitrogens with one attached hydrogen (secondary N) is 1. The second-order valence-corrected chi connectivity index (χ2v) is 8.12. The zero-order chi connectivity index (χ0) is 18.1. The van der Waals surface area contributed by atoms with Gasteiger partial charge in [0.2, 0.25) is 5.91 Å². The lowest BCUT2D eigenvalue weighted by molar-refractivity contribution is -0.158. The van der Waals surface area contributed by atoms with Gasteiger partial charge in [0.1, 0.15) is 11.6 Å². The van der Waals surface area contributed by atoms with Gasteiger partial charge >= 0.3 is 11.9 Å². The van der Waals surface area contributed by atoms with Crippen molar-refractivity contribution in [2.75, 3.05) is 0 Å². The Balaban J connectivity index is 1.94. The second kappa shape index (κ2) is 6.70. The highest BCUT2D eigenvalue weighted by molar-refractivity contribution is 5.93. The lowest BCUT2D eigenvalue weighted by atomic mass is 9.78. The maximum atomic E-state index is 12.5. The number of carbonyl (C=O) groups is 3. The molecule has 0 bridgehead atoms. The molecule has 2 aliphatic rings. The molecule has 24 heavy (non-hydrogen) atoms. The first-order chi connectivity index (χ1) is 11.0. The molecule has 2 rings (SSSR count). The van der Waals surface area contributed by atoms with Crippen LogP contribution in [0, 0.1) is 11.3 Å². The maximum Gasteiger partial charge on any atom is 0.332 e. The highest BCUT2D eigenvalue weighted by Crippen LogP contribution is 2.43. The fourth-order valence-corrected chi connectivity index (χ4v) is 3.42. The van der Waals surface area contributed by atoms with E-state index < -0.39 is 35.8 Å². The first-order valence-corrected chi connectivity index (χ1v) is 8.56. The Labute approximate surface area is 142 Å². The zero-order valence-corrected chi connectivity index (χ0v) is 14.6. The van der Waals surface area contributed by atoms with E-state index in [4.69, 9.17) is 15.6 Å². The van der Waals surface area contributed by atoms with E-state index in [9.17, 15) is 14.4 Å². The van der Waals surface area contributed by atoms with E-state index in [1.54, 1.807) is 0 Å². The number of aliphatic carboxylic acids is 1. The summed E-state index contributed by atoms with van der Waals surface area (Å²) in [5.41, 5.74) is 4.60. The van der Waals surface area contributed by atoms with Crippen LogP contribution in [0.15, 0.2) is 0 Å². The molecule has 2 aliphatic carbocycles. The monoisotopic (exact) mass is 340 g/mol. The summed E-state index contributed by atoms with van der Waals surface area (Å²) in [6.45, 7) is 6.43. The van der Waals surface area contributed by atoms with Crippen LogP contribution >= 0.6 is 0 Å². The number of amides is 1. The van der Waals surface area contributed by atoms with Crippen LogP contribution in [0.2, 0.25) is 0 Å². The van der Waals surface area contributed by atoms with Gasteiger partial charge < -0.3 is 20.9 Å². The Kier molecular flexibility index (Phi) is 5.22. The first-order valence-electron chi connectivity index (χ1n) is 8.56. The molecule has 0 radical (unpaired) electrons. The van der Waals surface area contributed by atoms with Crippen molar-refractivity contribution < 1.29 is 24.2 Å². The van der Waals surface area contributed by atoms with Crippen molar-refractivity contribution in [2.24, 2.45) is 17.1 Å². The van der Waals surface area contributed by atoms with Crippen LogP contribution in [0.1, 0.15) is 59.3 Å². The molecule has 2 unspecified atom stereocenters. The highest BCUT2D eigenvalue weighted by atomic mass is 16.5. The van der Waals surface area contributed by atoms with Crippen molar-refractivity contribution >= 4 is 17.8 Å². The van der Waals surface area contributed by atoms with Crippen molar-refractivity contribution in [1.82, 2.24) is 5.32 Å². The molecule has 1 amide bonds. The van der Waals surface area contributed by atoms with E-state index in [-0.39, 0.29) is 11.5 Å². The highest BCUT2D eigenvalue weighted by Gasteiger charge is 2.54. The molecule has 3 atom stereocenters. The van der Waals surface area contributed by atoms with Crippen molar-refractivity contribution in [1.29, 1.82) is 0 Å². The van der Waals surface area contributed by atoms with Gasteiger partial charge in [-0.25, -0.2) is 4.79 Å². The van der Waals surface area contributed by atoms with Crippen LogP contribution in [0.5, 0.6) is 0 Å². The molecule has 0 aromatic heterocycles. The number of carbonyl (C=O) groups excluding carboxylic acids is 2. The minimum absolute atomic E-state index is 0.0608. The normalized spacial score (nSPS) is 26.5. The molecule has 4 N–H and O–H groups in total. The number of ether oxygens (including phenoxy) is 1. The minimum atomic E-state index is -1.17. The third kappa shape index (κ3) is 4.26. The quantitative estimate of drug-likeness (QED) is 0.625. The number of hydrogen-bond donors (Lipinski definition) is 3. The summed E-state index contributed by atoms with van der Waals surface area (Å²) in [5, 5.41) is 11.3. The van der Waals surface area contributed by atoms with Gasteiger partial charge in [-0.15, -0.1) is 0 Å². The number of hydrogen-bond acceptors (Lipinski definition) is 5. The molecule has 7 nitrogen and oxygen atoms in total. The Hall–Kier alpha value is -1.63. The number of rotatable bonds is 6. The van der Waals surface area contributed by atoms with Crippen LogP contribution in [0.4, 0.5) is 0 Å². The molecule has 136 valence electrons. The molecule has 2 fully saturated rings. The van der Waals surface area contributed by atoms with E-state index in [1.165, 1.54) is 0 Å². The molecular formula is C17H28N2O5. The Morgan fingerprint density at radius 3 is 2.42 bits per heavy atom. The third-order valence-electron chi connectivity index (χ3n) is 5.06. The summed E-state index contributed by atoms with van der Waals surface area (Å²) in [6, 6.07) is -1.17. The van der Waals surface area contributed by atoms with Gasteiger partial charge in [-0.05, 0) is 37.5 Å². The maximum absolute atomic E-state index is 12.5. The van der Waals surface area contributed by atoms with E-state index in [0.29, 0.717) is 18.8 Å². The van der Waals surface area contributed by atoms with Gasteiger partial charge in [0.05, 0.1) is 12.5 Å². The predicted octanol–water partition coefficient (Wildman–Crippen LogP) is 1.20. The molecule has 0 spiro atoms. The van der Waals surface area contributed by atoms with E-state index in [2.05, 4.69) is 26.1 Å². The first kappa shape index (κ1) is 18.7. The van der Waals surface area contributed by atoms with Crippen LogP contribution < -0.4 is 11.1 Å². The number of esters is 1. The Bertz CT molecular complexity index is 522. The van der Waals surface area contributed by atoms with Gasteiger partial charge in [0.25, 0.3) is 0 Å². The molecule has 7 heteroatoms. The lowest BCUT2D eigenvalue weighted by Crippen LogP contribution is -2.52. The van der Waals surface area contributed by atoms with Gasteiger partial charge in [0, 0.05) is 5.92 Å². The Morgan fingerprint density at radius 2 is 1.92 bits per heavy atom. The molecule has 0 aliphatic heterocycles. The SMILES string of the molecule is CC(C)(C)C1CCCC1OC(=O)C1(NC(=O)[C@@H](N)CC(=O)O)CC1. The molecular weight excluding hydrogens is 312 g/mol. The van der Waals surface area contributed by atoms with Gasteiger partial charge in [-0.1, -0.05) is 20.8 Å². The average molecular weight is 340 g/mol. The summed E-state index contributed by atoms with van der Waals surface area (Å²) in [7, 11) is 0. The van der Waals surface area contributed by atoms with Crippen LogP contribution in [0.25, 0.3) is 0 Å². The lowest BCUT2D eigenvalue weighted by Gasteiger charge is -2.32. The van der Waals surface area contributed by atoms with Gasteiger partial charge in [-0.3, -0.25) is 9.59 Å². The predicted molar refractivity (Wildman–Crippen MR) is 87.0 cm³/mol. The topological polar surface area (TPSA) is 119 Å². The molecule has 0 aromatic carbocycles. The summed E-state index contributed by atoms with van der Waals surface area (Å²) >= 11 is 0. The summed E-state index contributed by atoms with van der Waals surface area (Å²) < 4.78 is 5.73. The standard InChI is InChI=1S/C17H28N2O5/c1-16(2,3)10-5-4-6-12(10)24-15(23)17(7-8-17)19-14(22)11(18)9-13(20)21/h10-12H,4-9,18H2,1-3H3,(H,19,22)(H,20,21)/t10?,11-,12?/m0/s1. The van der Waals surface area contributed by atoms with E-state index in [0.717, 1.165) is 19.3 Å². The van der Waals surface area contributed by atoms with E-state index in [1.807, 2.05) is 0 Å². The number of carboxylic acid groups (broad SMARTS) is 1. The molecule has 0 aromatic rings. The fourth-order valence-electron chi connectivity index (χ4n) is 3.42. The van der Waals surface area contributed by atoms with Crippen molar-refractivity contribution in [3.63, 3.8) is 0 Å². The number of carboxylic acids is 1. The van der Waals surface area contributed by atoms with Crippen molar-refractivity contribution in [2.45, 2.75) is 77.0 Å². The molecule has 0 saturated heterocycles. The molecule has 0 heterocycles. The van der Waals surface area contributed by atoms with Crippen LogP contribution in [-0.2, 0) is 19.1 Å². The third-order valence-corrected chi connectivity index (χ3v) is 5.06. The minimum Gasteiger partial charge on any atom is -0.481 e. The average Bonchev–Trinajstić information content (AvgIpc) is 3.06. The van der Waals surface area contributed by atoms with Gasteiger partial charge in [-0.2, -0.15) is 0 Å². The summed E-state index contributed by atoms with van der Waals surface area (Å²) in [4.78, 5) is 35.2. The second-order valence-electron chi connectivity index (χ2n) is 8.12. The zero-order valence-electron chi connectivity index (χ0n) is 14.6. The largest absolute Gasteiger partial charge is 0.481 e. The Morgan fingerprint density at radius 1 is 1.29 bits per heavy atom. The summed E-state index contributed by atoms with van der Waals surface area (Å²) in [5.74, 6) is -1.88. The summed E-state index contributed by atoms with van der Waals surface area (Å²) in [6.07, 6.45) is 3.32. The number of nitrogens with two attached hydrogens (primary N) is 1. The van der Waals surface area contributed by atoms with Crippen molar-refractivity contribution in [3.05, 3.63) is 0 Å².